The molecule has 26 heavy (non-hydrogen) atoms. The van der Waals surface area contributed by atoms with E-state index in [0.717, 1.165) is 31.5 Å². The fraction of sp³-hybridized carbons (Fsp3) is 0.350. The molecule has 1 aliphatic rings. The van der Waals surface area contributed by atoms with Crippen LogP contribution in [0.1, 0.15) is 41.2 Å². The summed E-state index contributed by atoms with van der Waals surface area (Å²) in [7, 11) is 0. The van der Waals surface area contributed by atoms with Crippen molar-refractivity contribution in [1.29, 1.82) is 0 Å². The highest BCUT2D eigenvalue weighted by molar-refractivity contribution is 6.31. The molecule has 1 saturated heterocycles. The van der Waals surface area contributed by atoms with E-state index in [4.69, 9.17) is 11.6 Å². The van der Waals surface area contributed by atoms with Crippen LogP contribution in [-0.2, 0) is 0 Å². The predicted molar refractivity (Wildman–Crippen MR) is 106 cm³/mol. The number of hydrogen-bond acceptors (Lipinski definition) is 2. The molecule has 1 aliphatic heterocycles. The van der Waals surface area contributed by atoms with Crippen LogP contribution < -0.4 is 5.32 Å². The first-order valence-electron chi connectivity index (χ1n) is 8.67. The molecule has 0 bridgehead atoms. The zero-order valence-corrected chi connectivity index (χ0v) is 16.0. The molecule has 1 N–H and O–H groups in total. The van der Waals surface area contributed by atoms with E-state index in [2.05, 4.69) is 10.2 Å². The Bertz CT molecular complexity index is 718. The molecule has 1 atom stereocenters. The number of nitrogens with zero attached hydrogens (tertiary/aromatic N) is 1. The second-order valence-corrected chi connectivity index (χ2v) is 6.76. The summed E-state index contributed by atoms with van der Waals surface area (Å²) in [5.74, 6) is -0.548. The van der Waals surface area contributed by atoms with Crippen LogP contribution in [0.3, 0.4) is 0 Å². The molecule has 0 radical (unpaired) electrons. The number of hydrogen-bond donors (Lipinski definition) is 1. The van der Waals surface area contributed by atoms with Crippen molar-refractivity contribution < 1.29 is 9.18 Å². The molecule has 140 valence electrons. The summed E-state index contributed by atoms with van der Waals surface area (Å²) >= 11 is 6.41. The summed E-state index contributed by atoms with van der Waals surface area (Å²) in [5, 5.41) is 3.70. The van der Waals surface area contributed by atoms with Crippen molar-refractivity contribution in [2.24, 2.45) is 0 Å². The lowest BCUT2D eigenvalue weighted by Gasteiger charge is -2.35. The molecular formula is C20H23Cl2FN2O. The summed E-state index contributed by atoms with van der Waals surface area (Å²) < 4.78 is 13.0. The lowest BCUT2D eigenvalue weighted by Crippen LogP contribution is -2.40. The highest BCUT2D eigenvalue weighted by Crippen LogP contribution is 2.29. The van der Waals surface area contributed by atoms with Gasteiger partial charge in [-0.2, -0.15) is 0 Å². The topological polar surface area (TPSA) is 32.3 Å². The molecular weight excluding hydrogens is 374 g/mol. The Labute approximate surface area is 164 Å². The van der Waals surface area contributed by atoms with Gasteiger partial charge in [-0.1, -0.05) is 36.2 Å². The molecule has 1 amide bonds. The van der Waals surface area contributed by atoms with Crippen molar-refractivity contribution >= 4 is 29.9 Å². The van der Waals surface area contributed by atoms with Gasteiger partial charge in [-0.05, 0) is 61.8 Å². The average molecular weight is 397 g/mol. The van der Waals surface area contributed by atoms with Crippen molar-refractivity contribution in [1.82, 2.24) is 10.2 Å². The maximum absolute atomic E-state index is 13.0. The van der Waals surface area contributed by atoms with Gasteiger partial charge in [0.2, 0.25) is 0 Å². The molecule has 3 rings (SSSR count). The largest absolute Gasteiger partial charge is 0.350 e. The van der Waals surface area contributed by atoms with E-state index in [-0.39, 0.29) is 30.2 Å². The first-order chi connectivity index (χ1) is 12.1. The van der Waals surface area contributed by atoms with Crippen molar-refractivity contribution in [2.75, 3.05) is 19.6 Å². The smallest absolute Gasteiger partial charge is 0.251 e. The monoisotopic (exact) mass is 396 g/mol. The quantitative estimate of drug-likeness (QED) is 0.782. The van der Waals surface area contributed by atoms with Crippen LogP contribution >= 0.6 is 24.0 Å². The predicted octanol–water partition coefficient (Wildman–Crippen LogP) is 4.86. The minimum absolute atomic E-state index is 0. The number of likely N-dealkylation sites (tertiary alicyclic amines) is 1. The Morgan fingerprint density at radius 3 is 2.38 bits per heavy atom. The van der Waals surface area contributed by atoms with E-state index in [9.17, 15) is 9.18 Å². The van der Waals surface area contributed by atoms with Gasteiger partial charge in [0, 0.05) is 17.1 Å². The summed E-state index contributed by atoms with van der Waals surface area (Å²) in [6.07, 6.45) is 3.56. The van der Waals surface area contributed by atoms with Crippen LogP contribution in [0.5, 0.6) is 0 Å². The van der Waals surface area contributed by atoms with Crippen LogP contribution in [-0.4, -0.2) is 30.4 Å². The molecule has 2 aromatic carbocycles. The van der Waals surface area contributed by atoms with Crippen molar-refractivity contribution in [2.45, 2.75) is 25.3 Å². The minimum atomic E-state index is -0.348. The van der Waals surface area contributed by atoms with Gasteiger partial charge in [-0.15, -0.1) is 12.4 Å². The SMILES string of the molecule is Cl.O=C(NCC(c1ccccc1Cl)N1CCCCC1)c1ccc(F)cc1. The fourth-order valence-electron chi connectivity index (χ4n) is 3.30. The van der Waals surface area contributed by atoms with Gasteiger partial charge in [0.15, 0.2) is 0 Å². The molecule has 1 fully saturated rings. The van der Waals surface area contributed by atoms with Crippen LogP contribution in [0.4, 0.5) is 4.39 Å². The van der Waals surface area contributed by atoms with Crippen LogP contribution in [0.15, 0.2) is 48.5 Å². The second kappa shape index (κ2) is 9.91. The van der Waals surface area contributed by atoms with Gasteiger partial charge in [0.25, 0.3) is 5.91 Å². The number of carbonyl (C=O) groups excluding carboxylic acids is 1. The van der Waals surface area contributed by atoms with Crippen molar-refractivity contribution in [3.63, 3.8) is 0 Å². The van der Waals surface area contributed by atoms with Crippen LogP contribution in [0.2, 0.25) is 5.02 Å². The Morgan fingerprint density at radius 2 is 1.73 bits per heavy atom. The first-order valence-corrected chi connectivity index (χ1v) is 9.05. The number of halogens is 3. The van der Waals surface area contributed by atoms with E-state index < -0.39 is 0 Å². The van der Waals surface area contributed by atoms with Crippen molar-refractivity contribution in [3.8, 4) is 0 Å². The van der Waals surface area contributed by atoms with Gasteiger partial charge < -0.3 is 5.32 Å². The number of rotatable bonds is 5. The zero-order chi connectivity index (χ0) is 17.6. The third kappa shape index (κ3) is 5.19. The Morgan fingerprint density at radius 1 is 1.08 bits per heavy atom. The Kier molecular flexibility index (Phi) is 7.88. The van der Waals surface area contributed by atoms with Gasteiger partial charge in [-0.3, -0.25) is 9.69 Å². The molecule has 1 unspecified atom stereocenters. The maximum Gasteiger partial charge on any atom is 0.251 e. The highest BCUT2D eigenvalue weighted by Gasteiger charge is 2.24. The molecule has 0 spiro atoms. The number of piperidine rings is 1. The molecule has 0 aromatic heterocycles. The fourth-order valence-corrected chi connectivity index (χ4v) is 3.57. The van der Waals surface area contributed by atoms with Gasteiger partial charge in [0.05, 0.1) is 6.04 Å². The number of benzene rings is 2. The van der Waals surface area contributed by atoms with Crippen LogP contribution in [0.25, 0.3) is 0 Å². The van der Waals surface area contributed by atoms with E-state index >= 15 is 0 Å². The Balaban J connectivity index is 0.00000243. The first kappa shape index (κ1) is 20.7. The lowest BCUT2D eigenvalue weighted by atomic mass is 10.0. The normalized spacial score (nSPS) is 15.8. The Hall–Kier alpha value is -1.62. The maximum atomic E-state index is 13.0. The number of carbonyl (C=O) groups is 1. The van der Waals surface area contributed by atoms with Gasteiger partial charge in [0.1, 0.15) is 5.82 Å². The van der Waals surface area contributed by atoms with E-state index in [1.165, 1.54) is 30.7 Å². The zero-order valence-electron chi connectivity index (χ0n) is 14.5. The molecule has 3 nitrogen and oxygen atoms in total. The standard InChI is InChI=1S/C20H22ClFN2O.ClH/c21-18-7-3-2-6-17(18)19(24-12-4-1-5-13-24)14-23-20(25)15-8-10-16(22)11-9-15;/h2-3,6-11,19H,1,4-5,12-14H2,(H,23,25);1H. The molecule has 0 aliphatic carbocycles. The summed E-state index contributed by atoms with van der Waals surface area (Å²) in [4.78, 5) is 14.8. The second-order valence-electron chi connectivity index (χ2n) is 6.35. The van der Waals surface area contributed by atoms with E-state index in [0.29, 0.717) is 17.1 Å². The molecule has 1 heterocycles. The minimum Gasteiger partial charge on any atom is -0.350 e. The lowest BCUT2D eigenvalue weighted by molar-refractivity contribution is 0.0924. The van der Waals surface area contributed by atoms with Crippen molar-refractivity contribution in [3.05, 3.63) is 70.5 Å². The average Bonchev–Trinajstić information content (AvgIpc) is 2.64. The number of nitrogens with one attached hydrogen (secondary N) is 1. The third-order valence-electron chi connectivity index (χ3n) is 4.66. The summed E-state index contributed by atoms with van der Waals surface area (Å²) in [6, 6.07) is 13.4. The molecule has 0 saturated carbocycles. The third-order valence-corrected chi connectivity index (χ3v) is 5.00. The molecule has 2 aromatic rings. The number of amides is 1. The summed E-state index contributed by atoms with van der Waals surface area (Å²) in [5.41, 5.74) is 1.49. The molecule has 6 heteroatoms. The van der Waals surface area contributed by atoms with E-state index in [1.54, 1.807) is 0 Å². The van der Waals surface area contributed by atoms with Crippen LogP contribution in [0, 0.1) is 5.82 Å². The van der Waals surface area contributed by atoms with Gasteiger partial charge in [-0.25, -0.2) is 4.39 Å². The summed E-state index contributed by atoms with van der Waals surface area (Å²) in [6.45, 7) is 2.48. The highest BCUT2D eigenvalue weighted by atomic mass is 35.5. The van der Waals surface area contributed by atoms with E-state index in [1.807, 2.05) is 24.3 Å². The van der Waals surface area contributed by atoms with Gasteiger partial charge >= 0.3 is 0 Å².